The average Bonchev–Trinajstić information content (AvgIpc) is 2.99. The number of hydrogen-bond donors (Lipinski definition) is 3. The number of carbonyl (C=O) groups is 3. The maximum absolute atomic E-state index is 12.4. The number of hydrogen-bond acceptors (Lipinski definition) is 9. The molecule has 12 nitrogen and oxygen atoms in total. The first-order valence-electron chi connectivity index (χ1n) is 17.5. The van der Waals surface area contributed by atoms with Gasteiger partial charge in [-0.2, -0.15) is 0 Å². The van der Waals surface area contributed by atoms with Crippen LogP contribution in [0.4, 0.5) is 4.79 Å². The molecule has 0 heterocycles. The van der Waals surface area contributed by atoms with E-state index >= 15 is 0 Å². The number of unbranched alkanes of at least 4 members (excludes halogenated alkanes) is 20. The zero-order chi connectivity index (χ0) is 34.5. The van der Waals surface area contributed by atoms with Crippen molar-refractivity contribution in [2.24, 2.45) is 0 Å². The van der Waals surface area contributed by atoms with Crippen LogP contribution in [0.3, 0.4) is 0 Å². The predicted octanol–water partition coefficient (Wildman–Crippen LogP) is 9.27. The third kappa shape index (κ3) is 28.9. The van der Waals surface area contributed by atoms with Crippen molar-refractivity contribution in [2.75, 3.05) is 13.2 Å². The Morgan fingerprint density at radius 3 is 1.30 bits per heavy atom. The standard InChI is InChI=1S/C32H62O12P2/c1-3-5-7-9-11-13-15-17-19-21-23-25-30(33)41-27-29(28-42-45(36,37)32(35)44-46(38,39)40)43-31(34)26-24-22-20-18-16-14-12-10-8-6-4-2/h29H,3-28H2,1-2H3,(H,36,37)(H2,38,39,40)/t29-/m1/s1. The Labute approximate surface area is 276 Å². The minimum absolute atomic E-state index is 0.0806. The third-order valence-electron chi connectivity index (χ3n) is 7.56. The van der Waals surface area contributed by atoms with Crippen LogP contribution in [0.1, 0.15) is 168 Å². The number of carbonyl (C=O) groups excluding carboxylic acids is 3. The topological polar surface area (TPSA) is 183 Å². The van der Waals surface area contributed by atoms with Gasteiger partial charge in [-0.3, -0.25) is 23.9 Å². The normalized spacial score (nSPS) is 13.6. The lowest BCUT2D eigenvalue weighted by molar-refractivity contribution is -0.161. The van der Waals surface area contributed by atoms with Gasteiger partial charge >= 0.3 is 33.1 Å². The molecule has 0 radical (unpaired) electrons. The van der Waals surface area contributed by atoms with Crippen LogP contribution in [-0.4, -0.2) is 51.6 Å². The molecular weight excluding hydrogens is 638 g/mol. The van der Waals surface area contributed by atoms with Gasteiger partial charge in [-0.15, -0.1) is 0 Å². The summed E-state index contributed by atoms with van der Waals surface area (Å²) in [4.78, 5) is 63.6. The summed E-state index contributed by atoms with van der Waals surface area (Å²) in [6, 6.07) is 0. The highest BCUT2D eigenvalue weighted by molar-refractivity contribution is 7.71. The van der Waals surface area contributed by atoms with Crippen LogP contribution in [0.15, 0.2) is 0 Å². The summed E-state index contributed by atoms with van der Waals surface area (Å²) >= 11 is 0. The first-order valence-corrected chi connectivity index (χ1v) is 20.6. The van der Waals surface area contributed by atoms with E-state index in [4.69, 9.17) is 19.3 Å². The molecule has 0 rings (SSSR count). The number of rotatable bonds is 32. The smallest absolute Gasteiger partial charge is 0.462 e. The van der Waals surface area contributed by atoms with Crippen molar-refractivity contribution in [1.82, 2.24) is 0 Å². The number of phosphoric ester groups is 1. The summed E-state index contributed by atoms with van der Waals surface area (Å²) in [6.07, 6.45) is 23.5. The molecule has 46 heavy (non-hydrogen) atoms. The molecule has 0 aromatic rings. The Hall–Kier alpha value is -1.29. The van der Waals surface area contributed by atoms with E-state index in [1.54, 1.807) is 0 Å². The van der Waals surface area contributed by atoms with Crippen molar-refractivity contribution in [3.63, 3.8) is 0 Å². The molecule has 0 bridgehead atoms. The van der Waals surface area contributed by atoms with Gasteiger partial charge in [0.2, 0.25) is 0 Å². The maximum atomic E-state index is 12.4. The van der Waals surface area contributed by atoms with Crippen LogP contribution in [0.5, 0.6) is 0 Å². The second-order valence-electron chi connectivity index (χ2n) is 12.0. The van der Waals surface area contributed by atoms with E-state index in [1.165, 1.54) is 83.5 Å². The van der Waals surface area contributed by atoms with E-state index < -0.39 is 52.4 Å². The second-order valence-corrected chi connectivity index (χ2v) is 14.9. The van der Waals surface area contributed by atoms with Crippen molar-refractivity contribution >= 4 is 33.1 Å². The quantitative estimate of drug-likeness (QED) is 0.0344. The first-order chi connectivity index (χ1) is 21.9. The van der Waals surface area contributed by atoms with Crippen LogP contribution < -0.4 is 0 Å². The Balaban J connectivity index is 4.53. The Morgan fingerprint density at radius 2 is 0.913 bits per heavy atom. The average molecular weight is 701 g/mol. The third-order valence-corrected chi connectivity index (χ3v) is 9.16. The molecule has 272 valence electrons. The SMILES string of the molecule is CCCCCCCCCCCCCC(=O)OC[C@H](COP(=O)(O)C(=O)OP(=O)(O)O)OC(=O)CCCCCCCCCCCCC. The fourth-order valence-electron chi connectivity index (χ4n) is 4.88. The molecule has 3 N–H and O–H groups in total. The van der Waals surface area contributed by atoms with Gasteiger partial charge in [-0.05, 0) is 12.8 Å². The van der Waals surface area contributed by atoms with Crippen molar-refractivity contribution in [1.29, 1.82) is 0 Å². The zero-order valence-electron chi connectivity index (χ0n) is 28.4. The van der Waals surface area contributed by atoms with Crippen LogP contribution >= 0.6 is 15.4 Å². The first kappa shape index (κ1) is 44.7. The fourth-order valence-corrected chi connectivity index (χ4v) is 6.29. The molecule has 0 amide bonds. The minimum atomic E-state index is -5.39. The van der Waals surface area contributed by atoms with E-state index in [0.717, 1.165) is 44.9 Å². The summed E-state index contributed by atoms with van der Waals surface area (Å²) < 4.78 is 41.7. The van der Waals surface area contributed by atoms with Gasteiger partial charge in [0, 0.05) is 12.8 Å². The largest absolute Gasteiger partial charge is 0.527 e. The van der Waals surface area contributed by atoms with Crippen molar-refractivity contribution in [3.8, 4) is 0 Å². The lowest BCUT2D eigenvalue weighted by atomic mass is 10.1. The maximum Gasteiger partial charge on any atom is 0.527 e. The van der Waals surface area contributed by atoms with Gasteiger partial charge in [0.25, 0.3) is 0 Å². The van der Waals surface area contributed by atoms with Gasteiger partial charge in [-0.1, -0.05) is 142 Å². The summed E-state index contributed by atoms with van der Waals surface area (Å²) in [5, 5.41) is 0. The molecule has 0 aliphatic carbocycles. The van der Waals surface area contributed by atoms with E-state index in [-0.39, 0.29) is 12.8 Å². The summed E-state index contributed by atoms with van der Waals surface area (Å²) in [7, 11) is -10.7. The van der Waals surface area contributed by atoms with E-state index in [0.29, 0.717) is 12.8 Å². The molecule has 0 spiro atoms. The minimum Gasteiger partial charge on any atom is -0.462 e. The molecule has 0 saturated heterocycles. The van der Waals surface area contributed by atoms with Crippen molar-refractivity contribution in [2.45, 2.75) is 174 Å². The van der Waals surface area contributed by atoms with Crippen LogP contribution in [0.25, 0.3) is 0 Å². The van der Waals surface area contributed by atoms with Crippen molar-refractivity contribution in [3.05, 3.63) is 0 Å². The van der Waals surface area contributed by atoms with Crippen molar-refractivity contribution < 1.29 is 56.7 Å². The molecule has 14 heteroatoms. The van der Waals surface area contributed by atoms with Gasteiger partial charge in [0.1, 0.15) is 6.61 Å². The highest BCUT2D eigenvalue weighted by Gasteiger charge is 2.39. The second kappa shape index (κ2) is 28.7. The summed E-state index contributed by atoms with van der Waals surface area (Å²) in [6.45, 7) is 3.09. The highest BCUT2D eigenvalue weighted by Crippen LogP contribution is 2.50. The van der Waals surface area contributed by atoms with Crippen LogP contribution in [0, 0.1) is 0 Å². The molecular formula is C32H62O12P2. The van der Waals surface area contributed by atoms with Crippen LogP contribution in [0.2, 0.25) is 0 Å². The molecule has 0 fully saturated rings. The monoisotopic (exact) mass is 700 g/mol. The van der Waals surface area contributed by atoms with Gasteiger partial charge < -0.3 is 18.9 Å². The van der Waals surface area contributed by atoms with Gasteiger partial charge in [0.05, 0.1) is 6.61 Å². The number of phosphoric acid groups is 1. The molecule has 0 aliphatic heterocycles. The molecule has 1 unspecified atom stereocenters. The molecule has 0 saturated carbocycles. The van der Waals surface area contributed by atoms with E-state index in [1.807, 2.05) is 0 Å². The zero-order valence-corrected chi connectivity index (χ0v) is 30.2. The molecule has 0 aromatic heterocycles. The van der Waals surface area contributed by atoms with E-state index in [9.17, 15) is 28.4 Å². The fraction of sp³-hybridized carbons (Fsp3) is 0.906. The predicted molar refractivity (Wildman–Crippen MR) is 177 cm³/mol. The summed E-state index contributed by atoms with van der Waals surface area (Å²) in [5.74, 6) is -1.16. The highest BCUT2D eigenvalue weighted by atomic mass is 31.2. The van der Waals surface area contributed by atoms with Gasteiger partial charge in [0.15, 0.2) is 6.10 Å². The number of esters is 2. The molecule has 0 aliphatic rings. The van der Waals surface area contributed by atoms with Crippen LogP contribution in [-0.2, 0) is 37.2 Å². The Bertz CT molecular complexity index is 892. The number of ether oxygens (including phenoxy) is 2. The molecule has 0 aromatic carbocycles. The van der Waals surface area contributed by atoms with E-state index in [2.05, 4.69) is 22.9 Å². The summed E-state index contributed by atoms with van der Waals surface area (Å²) in [5.41, 5.74) is -2.15. The lowest BCUT2D eigenvalue weighted by Crippen LogP contribution is -2.29. The Kier molecular flexibility index (Phi) is 27.9. The molecule has 2 atom stereocenters. The lowest BCUT2D eigenvalue weighted by Gasteiger charge is -2.19. The Morgan fingerprint density at radius 1 is 0.543 bits per heavy atom. The van der Waals surface area contributed by atoms with Gasteiger partial charge in [-0.25, -0.2) is 13.9 Å².